The van der Waals surface area contributed by atoms with Crippen LogP contribution in [0.4, 0.5) is 4.39 Å². The van der Waals surface area contributed by atoms with Crippen LogP contribution in [-0.4, -0.2) is 33.0 Å². The fourth-order valence-electron chi connectivity index (χ4n) is 1.63. The van der Waals surface area contributed by atoms with Crippen molar-refractivity contribution in [2.24, 2.45) is 0 Å². The minimum atomic E-state index is -0.199. The SMILES string of the molecule is CNC(COC1COC1)c1ccccc1F. The van der Waals surface area contributed by atoms with Gasteiger partial charge in [-0.25, -0.2) is 4.39 Å². The summed E-state index contributed by atoms with van der Waals surface area (Å²) < 4.78 is 24.1. The van der Waals surface area contributed by atoms with Gasteiger partial charge in [0.2, 0.25) is 0 Å². The van der Waals surface area contributed by atoms with Crippen LogP contribution >= 0.6 is 0 Å². The smallest absolute Gasteiger partial charge is 0.128 e. The van der Waals surface area contributed by atoms with Crippen molar-refractivity contribution >= 4 is 0 Å². The second-order valence-electron chi connectivity index (χ2n) is 3.86. The molecule has 1 aliphatic heterocycles. The van der Waals surface area contributed by atoms with Crippen LogP contribution < -0.4 is 5.32 Å². The lowest BCUT2D eigenvalue weighted by Crippen LogP contribution is -2.38. The third-order valence-electron chi connectivity index (χ3n) is 2.74. The zero-order chi connectivity index (χ0) is 11.4. The van der Waals surface area contributed by atoms with Crippen molar-refractivity contribution in [2.75, 3.05) is 26.9 Å². The van der Waals surface area contributed by atoms with Crippen LogP contribution in [0.15, 0.2) is 24.3 Å². The second-order valence-corrected chi connectivity index (χ2v) is 3.86. The van der Waals surface area contributed by atoms with Gasteiger partial charge in [-0.15, -0.1) is 0 Å². The molecule has 0 bridgehead atoms. The summed E-state index contributed by atoms with van der Waals surface area (Å²) in [5, 5.41) is 3.06. The van der Waals surface area contributed by atoms with Crippen molar-refractivity contribution in [1.82, 2.24) is 5.32 Å². The average molecular weight is 225 g/mol. The maximum atomic E-state index is 13.5. The lowest BCUT2D eigenvalue weighted by atomic mass is 10.1. The van der Waals surface area contributed by atoms with Crippen molar-refractivity contribution in [3.63, 3.8) is 0 Å². The molecule has 0 spiro atoms. The van der Waals surface area contributed by atoms with Gasteiger partial charge in [0.15, 0.2) is 0 Å². The number of ether oxygens (including phenoxy) is 2. The summed E-state index contributed by atoms with van der Waals surface area (Å²) in [6.45, 7) is 1.76. The molecule has 3 nitrogen and oxygen atoms in total. The third kappa shape index (κ3) is 2.58. The Morgan fingerprint density at radius 1 is 1.50 bits per heavy atom. The topological polar surface area (TPSA) is 30.5 Å². The first-order valence-electron chi connectivity index (χ1n) is 5.42. The molecule has 0 radical (unpaired) electrons. The summed E-state index contributed by atoms with van der Waals surface area (Å²) in [4.78, 5) is 0. The number of likely N-dealkylation sites (N-methyl/N-ethyl adjacent to an activating group) is 1. The predicted molar refractivity (Wildman–Crippen MR) is 58.8 cm³/mol. The van der Waals surface area contributed by atoms with E-state index in [0.29, 0.717) is 25.4 Å². The van der Waals surface area contributed by atoms with Crippen molar-refractivity contribution in [1.29, 1.82) is 0 Å². The van der Waals surface area contributed by atoms with Gasteiger partial charge in [0, 0.05) is 5.56 Å². The molecule has 0 saturated carbocycles. The molecule has 4 heteroatoms. The van der Waals surface area contributed by atoms with Gasteiger partial charge in [-0.05, 0) is 13.1 Å². The van der Waals surface area contributed by atoms with E-state index in [1.807, 2.05) is 6.07 Å². The molecule has 2 rings (SSSR count). The van der Waals surface area contributed by atoms with Crippen molar-refractivity contribution < 1.29 is 13.9 Å². The van der Waals surface area contributed by atoms with E-state index in [1.165, 1.54) is 6.07 Å². The molecular weight excluding hydrogens is 209 g/mol. The Hall–Kier alpha value is -0.970. The summed E-state index contributed by atoms with van der Waals surface area (Å²) in [6, 6.07) is 6.65. The molecular formula is C12H16FNO2. The van der Waals surface area contributed by atoms with Gasteiger partial charge < -0.3 is 14.8 Å². The number of hydrogen-bond acceptors (Lipinski definition) is 3. The van der Waals surface area contributed by atoms with Gasteiger partial charge in [-0.2, -0.15) is 0 Å². The van der Waals surface area contributed by atoms with Crippen LogP contribution in [0.1, 0.15) is 11.6 Å². The van der Waals surface area contributed by atoms with E-state index in [9.17, 15) is 4.39 Å². The molecule has 1 unspecified atom stereocenters. The van der Waals surface area contributed by atoms with Crippen molar-refractivity contribution in [3.05, 3.63) is 35.6 Å². The summed E-state index contributed by atoms with van der Waals surface area (Å²) in [5.41, 5.74) is 0.644. The molecule has 0 aliphatic carbocycles. The molecule has 1 fully saturated rings. The first-order chi connectivity index (χ1) is 7.81. The molecule has 0 amide bonds. The highest BCUT2D eigenvalue weighted by Crippen LogP contribution is 2.18. The Morgan fingerprint density at radius 3 is 2.81 bits per heavy atom. The van der Waals surface area contributed by atoms with E-state index in [0.717, 1.165) is 0 Å². The van der Waals surface area contributed by atoms with Gasteiger partial charge in [-0.3, -0.25) is 0 Å². The van der Waals surface area contributed by atoms with E-state index in [-0.39, 0.29) is 18.0 Å². The molecule has 1 aliphatic rings. The number of nitrogens with one attached hydrogen (secondary N) is 1. The molecule has 1 aromatic rings. The Kier molecular flexibility index (Phi) is 3.88. The van der Waals surface area contributed by atoms with Gasteiger partial charge in [-0.1, -0.05) is 18.2 Å². The minimum Gasteiger partial charge on any atom is -0.376 e. The highest BCUT2D eigenvalue weighted by atomic mass is 19.1. The lowest BCUT2D eigenvalue weighted by Gasteiger charge is -2.28. The van der Waals surface area contributed by atoms with E-state index in [1.54, 1.807) is 19.2 Å². The Bertz CT molecular complexity index is 342. The Morgan fingerprint density at radius 2 is 2.25 bits per heavy atom. The Balaban J connectivity index is 1.95. The van der Waals surface area contributed by atoms with Gasteiger partial charge in [0.1, 0.15) is 11.9 Å². The number of rotatable bonds is 5. The van der Waals surface area contributed by atoms with Crippen LogP contribution in [-0.2, 0) is 9.47 Å². The molecule has 0 aromatic heterocycles. The molecule has 88 valence electrons. The maximum Gasteiger partial charge on any atom is 0.128 e. The zero-order valence-corrected chi connectivity index (χ0v) is 9.28. The number of halogens is 1. The quantitative estimate of drug-likeness (QED) is 0.823. The van der Waals surface area contributed by atoms with Crippen LogP contribution in [0.5, 0.6) is 0 Å². The lowest BCUT2D eigenvalue weighted by molar-refractivity contribution is -0.133. The van der Waals surface area contributed by atoms with Crippen LogP contribution in [0, 0.1) is 5.82 Å². The normalized spacial score (nSPS) is 18.1. The molecule has 1 heterocycles. The maximum absolute atomic E-state index is 13.5. The van der Waals surface area contributed by atoms with Crippen molar-refractivity contribution in [2.45, 2.75) is 12.1 Å². The highest BCUT2D eigenvalue weighted by molar-refractivity contribution is 5.21. The summed E-state index contributed by atoms with van der Waals surface area (Å²) >= 11 is 0. The fraction of sp³-hybridized carbons (Fsp3) is 0.500. The summed E-state index contributed by atoms with van der Waals surface area (Å²) in [6.07, 6.45) is 0.169. The molecule has 16 heavy (non-hydrogen) atoms. The average Bonchev–Trinajstić information content (AvgIpc) is 2.23. The van der Waals surface area contributed by atoms with Crippen LogP contribution in [0.25, 0.3) is 0 Å². The number of benzene rings is 1. The van der Waals surface area contributed by atoms with E-state index < -0.39 is 0 Å². The predicted octanol–water partition coefficient (Wildman–Crippen LogP) is 1.50. The third-order valence-corrected chi connectivity index (χ3v) is 2.74. The van der Waals surface area contributed by atoms with Crippen LogP contribution in [0.2, 0.25) is 0 Å². The van der Waals surface area contributed by atoms with E-state index in [4.69, 9.17) is 9.47 Å². The van der Waals surface area contributed by atoms with Gasteiger partial charge >= 0.3 is 0 Å². The van der Waals surface area contributed by atoms with Crippen molar-refractivity contribution in [3.8, 4) is 0 Å². The summed E-state index contributed by atoms with van der Waals surface area (Å²) in [7, 11) is 1.80. The molecule has 1 saturated heterocycles. The highest BCUT2D eigenvalue weighted by Gasteiger charge is 2.21. The van der Waals surface area contributed by atoms with Gasteiger partial charge in [0.05, 0.1) is 25.9 Å². The zero-order valence-electron chi connectivity index (χ0n) is 9.28. The molecule has 1 atom stereocenters. The van der Waals surface area contributed by atoms with Crippen LogP contribution in [0.3, 0.4) is 0 Å². The van der Waals surface area contributed by atoms with Gasteiger partial charge in [0.25, 0.3) is 0 Å². The molecule has 1 N–H and O–H groups in total. The minimum absolute atomic E-state index is 0.109. The number of hydrogen-bond donors (Lipinski definition) is 1. The summed E-state index contributed by atoms with van der Waals surface area (Å²) in [5.74, 6) is -0.199. The second kappa shape index (κ2) is 5.39. The first kappa shape index (κ1) is 11.5. The Labute approximate surface area is 94.6 Å². The monoisotopic (exact) mass is 225 g/mol. The van der Waals surface area contributed by atoms with E-state index >= 15 is 0 Å². The largest absolute Gasteiger partial charge is 0.376 e. The molecule has 1 aromatic carbocycles. The standard InChI is InChI=1S/C12H16FNO2/c1-14-12(8-16-9-6-15-7-9)10-4-2-3-5-11(10)13/h2-5,9,12,14H,6-8H2,1H3. The van der Waals surface area contributed by atoms with E-state index in [2.05, 4.69) is 5.32 Å². The first-order valence-corrected chi connectivity index (χ1v) is 5.42. The fourth-order valence-corrected chi connectivity index (χ4v) is 1.63.